The predicted octanol–water partition coefficient (Wildman–Crippen LogP) is 2.66. The molecule has 4 rings (SSSR count). The van der Waals surface area contributed by atoms with Gasteiger partial charge in [-0.3, -0.25) is 4.79 Å². The number of carbonyl (C=O) groups excluding carboxylic acids is 1. The van der Waals surface area contributed by atoms with Crippen LogP contribution in [0.25, 0.3) is 0 Å². The van der Waals surface area contributed by atoms with E-state index in [2.05, 4.69) is 41.3 Å². The second kappa shape index (κ2) is 9.95. The molecule has 0 radical (unpaired) electrons. The summed E-state index contributed by atoms with van der Waals surface area (Å²) in [4.78, 5) is 13.3. The zero-order chi connectivity index (χ0) is 23.6. The van der Waals surface area contributed by atoms with Gasteiger partial charge < -0.3 is 10.6 Å². The number of piperidine rings is 1. The van der Waals surface area contributed by atoms with Crippen molar-refractivity contribution < 1.29 is 13.2 Å². The predicted molar refractivity (Wildman–Crippen MR) is 131 cm³/mol. The van der Waals surface area contributed by atoms with Crippen molar-refractivity contribution in [2.45, 2.75) is 69.9 Å². The first-order valence-corrected chi connectivity index (χ1v) is 13.5. The molecule has 2 aromatic carbocycles. The van der Waals surface area contributed by atoms with E-state index in [-0.39, 0.29) is 28.8 Å². The monoisotopic (exact) mass is 469 g/mol. The van der Waals surface area contributed by atoms with Gasteiger partial charge in [0, 0.05) is 25.2 Å². The van der Waals surface area contributed by atoms with Crippen molar-refractivity contribution in [1.29, 1.82) is 0 Å². The third-order valence-electron chi connectivity index (χ3n) is 6.94. The molecule has 0 aromatic heterocycles. The minimum absolute atomic E-state index is 0.00553. The van der Waals surface area contributed by atoms with E-state index < -0.39 is 10.0 Å². The summed E-state index contributed by atoms with van der Waals surface area (Å²) in [6.07, 6.45) is 4.27. The molecule has 1 heterocycles. The van der Waals surface area contributed by atoms with Crippen LogP contribution in [0.15, 0.2) is 41.3 Å². The fraction of sp³-hybridized carbons (Fsp3) is 0.500. The molecular weight excluding hydrogens is 434 g/mol. The Balaban J connectivity index is 1.35. The summed E-state index contributed by atoms with van der Waals surface area (Å²) >= 11 is 0. The van der Waals surface area contributed by atoms with Crippen LogP contribution in [-0.4, -0.2) is 39.5 Å². The van der Waals surface area contributed by atoms with Gasteiger partial charge in [0.1, 0.15) is 0 Å². The highest BCUT2D eigenvalue weighted by Gasteiger charge is 2.32. The minimum Gasteiger partial charge on any atom is -0.352 e. The average molecular weight is 470 g/mol. The van der Waals surface area contributed by atoms with Crippen LogP contribution in [0.5, 0.6) is 0 Å². The van der Waals surface area contributed by atoms with Gasteiger partial charge in [-0.25, -0.2) is 13.1 Å². The van der Waals surface area contributed by atoms with Crippen LogP contribution < -0.4 is 15.4 Å². The first-order chi connectivity index (χ1) is 15.8. The largest absolute Gasteiger partial charge is 0.352 e. The molecule has 3 N–H and O–H groups in total. The third-order valence-corrected chi connectivity index (χ3v) is 8.47. The molecule has 0 bridgehead atoms. The molecule has 2 aromatic rings. The summed E-state index contributed by atoms with van der Waals surface area (Å²) in [5.41, 5.74) is 6.52. The van der Waals surface area contributed by atoms with Crippen molar-refractivity contribution in [3.8, 4) is 0 Å². The highest BCUT2D eigenvalue weighted by atomic mass is 32.2. The fourth-order valence-electron chi connectivity index (χ4n) is 5.09. The van der Waals surface area contributed by atoms with Crippen molar-refractivity contribution in [2.24, 2.45) is 5.92 Å². The van der Waals surface area contributed by atoms with Crippen molar-refractivity contribution in [1.82, 2.24) is 15.4 Å². The number of aryl methyl sites for hydroxylation is 3. The maximum Gasteiger partial charge on any atom is 0.240 e. The van der Waals surface area contributed by atoms with E-state index in [1.54, 1.807) is 24.3 Å². The summed E-state index contributed by atoms with van der Waals surface area (Å²) in [7, 11) is -3.62. The summed E-state index contributed by atoms with van der Waals surface area (Å²) in [5.74, 6) is -0.253. The maximum absolute atomic E-state index is 13.0. The van der Waals surface area contributed by atoms with Crippen LogP contribution in [0.2, 0.25) is 0 Å². The molecular formula is C26H35N3O3S. The van der Waals surface area contributed by atoms with Crippen LogP contribution in [0, 0.1) is 12.8 Å². The maximum atomic E-state index is 13.0. The molecule has 1 saturated heterocycles. The summed E-state index contributed by atoms with van der Waals surface area (Å²) in [6.45, 7) is 7.38. The van der Waals surface area contributed by atoms with Crippen LogP contribution in [0.4, 0.5) is 0 Å². The molecule has 7 heteroatoms. The number of rotatable bonds is 7. The number of carbonyl (C=O) groups is 1. The lowest BCUT2D eigenvalue weighted by atomic mass is 9.95. The Bertz CT molecular complexity index is 1080. The van der Waals surface area contributed by atoms with E-state index in [0.29, 0.717) is 19.5 Å². The number of benzene rings is 2. The van der Waals surface area contributed by atoms with Gasteiger partial charge in [0.15, 0.2) is 0 Å². The number of amides is 1. The van der Waals surface area contributed by atoms with Gasteiger partial charge in [0.05, 0.1) is 10.8 Å². The zero-order valence-electron chi connectivity index (χ0n) is 19.8. The molecule has 6 nitrogen and oxygen atoms in total. The topological polar surface area (TPSA) is 87.3 Å². The minimum atomic E-state index is -3.62. The fourth-order valence-corrected chi connectivity index (χ4v) is 6.34. The molecule has 1 aliphatic heterocycles. The lowest BCUT2D eigenvalue weighted by molar-refractivity contribution is -0.126. The van der Waals surface area contributed by atoms with E-state index >= 15 is 0 Å². The van der Waals surface area contributed by atoms with Crippen LogP contribution in [0.1, 0.15) is 48.1 Å². The van der Waals surface area contributed by atoms with Crippen molar-refractivity contribution in [2.75, 3.05) is 13.1 Å². The Labute approximate surface area is 197 Å². The molecule has 0 saturated carbocycles. The summed E-state index contributed by atoms with van der Waals surface area (Å²) in [5, 5.41) is 6.47. The van der Waals surface area contributed by atoms with Gasteiger partial charge in [0.25, 0.3) is 0 Å². The standard InChI is InChI=1S/C26H35N3O3S/c1-4-18-10-20-12-23(13-21(20)11-19(18)5-2)28-26(30)22-14-24(16-27-15-22)29-33(31,32)25-8-6-17(3)7-9-25/h6-11,22-24,27,29H,4-5,12-16H2,1-3H3,(H,28,30)/t22-,24+/m0/s1. The van der Waals surface area contributed by atoms with Gasteiger partial charge in [-0.05, 0) is 73.4 Å². The smallest absolute Gasteiger partial charge is 0.240 e. The second-order valence-electron chi connectivity index (χ2n) is 9.43. The molecule has 33 heavy (non-hydrogen) atoms. The van der Waals surface area contributed by atoms with E-state index in [0.717, 1.165) is 31.2 Å². The first kappa shape index (κ1) is 23.9. The Kier molecular flexibility index (Phi) is 7.22. The molecule has 0 spiro atoms. The number of sulfonamides is 1. The van der Waals surface area contributed by atoms with E-state index in [1.165, 1.54) is 22.3 Å². The van der Waals surface area contributed by atoms with Gasteiger partial charge >= 0.3 is 0 Å². The first-order valence-electron chi connectivity index (χ1n) is 12.0. The molecule has 2 aliphatic rings. The lowest BCUT2D eigenvalue weighted by Gasteiger charge is -2.30. The lowest BCUT2D eigenvalue weighted by Crippen LogP contribution is -2.53. The summed E-state index contributed by atoms with van der Waals surface area (Å²) in [6, 6.07) is 11.2. The SMILES string of the molecule is CCc1cc2c(cc1CC)CC(NC(=O)[C@@H]1CNC[C@H](NS(=O)(=O)c3ccc(C)cc3)C1)C2. The summed E-state index contributed by atoms with van der Waals surface area (Å²) < 4.78 is 28.3. The zero-order valence-corrected chi connectivity index (χ0v) is 20.6. The number of fused-ring (bicyclic) bond motifs is 1. The van der Waals surface area contributed by atoms with E-state index in [4.69, 9.17) is 0 Å². The second-order valence-corrected chi connectivity index (χ2v) is 11.1. The Hall–Kier alpha value is -2.22. The molecule has 1 fully saturated rings. The molecule has 0 unspecified atom stereocenters. The Morgan fingerprint density at radius 3 is 2.15 bits per heavy atom. The van der Waals surface area contributed by atoms with Gasteiger partial charge in [0.2, 0.25) is 15.9 Å². The molecule has 2 atom stereocenters. The van der Waals surface area contributed by atoms with E-state index in [9.17, 15) is 13.2 Å². The van der Waals surface area contributed by atoms with Crippen molar-refractivity contribution in [3.63, 3.8) is 0 Å². The number of hydrogen-bond acceptors (Lipinski definition) is 4. The van der Waals surface area contributed by atoms with Gasteiger partial charge in [-0.15, -0.1) is 0 Å². The Morgan fingerprint density at radius 1 is 0.970 bits per heavy atom. The van der Waals surface area contributed by atoms with Crippen molar-refractivity contribution >= 4 is 15.9 Å². The quantitative estimate of drug-likeness (QED) is 0.582. The van der Waals surface area contributed by atoms with Gasteiger partial charge in [-0.1, -0.05) is 43.7 Å². The molecule has 178 valence electrons. The van der Waals surface area contributed by atoms with Crippen LogP contribution in [-0.2, 0) is 40.5 Å². The normalized spacial score (nSPS) is 21.1. The number of hydrogen-bond donors (Lipinski definition) is 3. The highest BCUT2D eigenvalue weighted by Crippen LogP contribution is 2.27. The Morgan fingerprint density at radius 2 is 1.58 bits per heavy atom. The molecule has 1 amide bonds. The van der Waals surface area contributed by atoms with Crippen molar-refractivity contribution in [3.05, 3.63) is 64.2 Å². The van der Waals surface area contributed by atoms with Crippen LogP contribution >= 0.6 is 0 Å². The third kappa shape index (κ3) is 5.48. The van der Waals surface area contributed by atoms with Crippen LogP contribution in [0.3, 0.4) is 0 Å². The molecule has 1 aliphatic carbocycles. The van der Waals surface area contributed by atoms with Gasteiger partial charge in [-0.2, -0.15) is 0 Å². The average Bonchev–Trinajstić information content (AvgIpc) is 3.19. The van der Waals surface area contributed by atoms with E-state index in [1.807, 2.05) is 6.92 Å². The number of nitrogens with one attached hydrogen (secondary N) is 3. The highest BCUT2D eigenvalue weighted by molar-refractivity contribution is 7.89.